The molecular formula is C16H17N3O. The van der Waals surface area contributed by atoms with Crippen LogP contribution in [-0.2, 0) is 10.2 Å². The van der Waals surface area contributed by atoms with E-state index in [4.69, 9.17) is 4.74 Å². The summed E-state index contributed by atoms with van der Waals surface area (Å²) in [6.45, 7) is 3.29. The number of imidazole rings is 1. The van der Waals surface area contributed by atoms with Crippen LogP contribution in [-0.4, -0.2) is 23.2 Å². The van der Waals surface area contributed by atoms with Gasteiger partial charge in [0, 0.05) is 0 Å². The Balaban J connectivity index is 1.85. The van der Waals surface area contributed by atoms with Crippen molar-refractivity contribution in [2.24, 2.45) is 5.41 Å². The molecule has 2 heterocycles. The van der Waals surface area contributed by atoms with E-state index >= 15 is 0 Å². The molecule has 1 saturated heterocycles. The van der Waals surface area contributed by atoms with Crippen molar-refractivity contribution in [3.8, 4) is 6.07 Å². The molecule has 1 aromatic heterocycles. The Bertz CT molecular complexity index is 717. The minimum absolute atomic E-state index is 0.118. The van der Waals surface area contributed by atoms with Crippen LogP contribution in [0.4, 0.5) is 0 Å². The van der Waals surface area contributed by atoms with Gasteiger partial charge in [-0.3, -0.25) is 0 Å². The number of hydrogen-bond donors (Lipinski definition) is 1. The summed E-state index contributed by atoms with van der Waals surface area (Å²) in [5, 5.41) is 9.69. The first-order chi connectivity index (χ1) is 9.69. The largest absolute Gasteiger partial charge is 0.379 e. The van der Waals surface area contributed by atoms with Gasteiger partial charge in [-0.1, -0.05) is 12.5 Å². The number of aromatic amines is 1. The van der Waals surface area contributed by atoms with Gasteiger partial charge in [-0.25, -0.2) is 4.98 Å². The topological polar surface area (TPSA) is 61.7 Å². The standard InChI is InChI=1S/C16H17N3O/c1-11-18-13-4-3-12(7-14(13)19-11)16(9-20-10-16)15(8-17)5-2-6-15/h3-4,7H,2,5-6,9-10H2,1H3,(H,18,19). The SMILES string of the molecule is Cc1nc2ccc(C3(C4(C#N)CCC4)COC3)cc2[nH]1. The maximum atomic E-state index is 9.69. The molecule has 2 aliphatic rings. The van der Waals surface area contributed by atoms with Gasteiger partial charge in [-0.2, -0.15) is 5.26 Å². The summed E-state index contributed by atoms with van der Waals surface area (Å²) in [4.78, 5) is 7.73. The Hall–Kier alpha value is -1.86. The van der Waals surface area contributed by atoms with Gasteiger partial charge in [-0.15, -0.1) is 0 Å². The molecule has 0 bridgehead atoms. The van der Waals surface area contributed by atoms with E-state index in [1.165, 1.54) is 5.56 Å². The van der Waals surface area contributed by atoms with Crippen molar-refractivity contribution in [2.45, 2.75) is 31.6 Å². The van der Waals surface area contributed by atoms with Gasteiger partial charge in [0.05, 0.1) is 41.1 Å². The van der Waals surface area contributed by atoms with Crippen LogP contribution in [0.2, 0.25) is 0 Å². The molecule has 1 aromatic carbocycles. The second-order valence-electron chi connectivity index (χ2n) is 6.18. The van der Waals surface area contributed by atoms with E-state index in [2.05, 4.69) is 34.2 Å². The number of benzene rings is 1. The summed E-state index contributed by atoms with van der Waals surface area (Å²) in [5.41, 5.74) is 2.92. The fourth-order valence-electron chi connectivity index (χ4n) is 3.69. The molecule has 20 heavy (non-hydrogen) atoms. The van der Waals surface area contributed by atoms with Gasteiger partial charge >= 0.3 is 0 Å². The van der Waals surface area contributed by atoms with Gasteiger partial charge in [0.2, 0.25) is 0 Å². The van der Waals surface area contributed by atoms with Crippen molar-refractivity contribution >= 4 is 11.0 Å². The highest BCUT2D eigenvalue weighted by Crippen LogP contribution is 2.58. The Kier molecular flexibility index (Phi) is 2.28. The van der Waals surface area contributed by atoms with Crippen LogP contribution in [0, 0.1) is 23.7 Å². The van der Waals surface area contributed by atoms with Crippen molar-refractivity contribution in [1.82, 2.24) is 9.97 Å². The molecular weight excluding hydrogens is 250 g/mol. The van der Waals surface area contributed by atoms with Gasteiger partial charge in [0.1, 0.15) is 5.82 Å². The van der Waals surface area contributed by atoms with Gasteiger partial charge in [-0.05, 0) is 37.5 Å². The molecule has 1 N–H and O–H groups in total. The fourth-order valence-corrected chi connectivity index (χ4v) is 3.69. The van der Waals surface area contributed by atoms with E-state index in [1.807, 2.05) is 6.92 Å². The molecule has 0 amide bonds. The van der Waals surface area contributed by atoms with Crippen molar-refractivity contribution in [3.05, 3.63) is 29.6 Å². The minimum atomic E-state index is -0.228. The summed E-state index contributed by atoms with van der Waals surface area (Å²) in [7, 11) is 0. The quantitative estimate of drug-likeness (QED) is 0.910. The second kappa shape index (κ2) is 3.83. The van der Waals surface area contributed by atoms with E-state index < -0.39 is 0 Å². The number of ether oxygens (including phenoxy) is 1. The average molecular weight is 267 g/mol. The van der Waals surface area contributed by atoms with Gasteiger partial charge in [0.15, 0.2) is 0 Å². The van der Waals surface area contributed by atoms with Crippen LogP contribution in [0.3, 0.4) is 0 Å². The molecule has 4 rings (SSSR count). The van der Waals surface area contributed by atoms with Crippen LogP contribution in [0.5, 0.6) is 0 Å². The number of hydrogen-bond acceptors (Lipinski definition) is 3. The Labute approximate surface area is 117 Å². The zero-order chi connectivity index (χ0) is 13.8. The monoisotopic (exact) mass is 267 g/mol. The summed E-state index contributed by atoms with van der Waals surface area (Å²) >= 11 is 0. The highest BCUT2D eigenvalue weighted by molar-refractivity contribution is 5.76. The van der Waals surface area contributed by atoms with Crippen LogP contribution < -0.4 is 0 Å². The molecule has 4 nitrogen and oxygen atoms in total. The third kappa shape index (κ3) is 1.31. The molecule has 0 radical (unpaired) electrons. The summed E-state index contributed by atoms with van der Waals surface area (Å²) < 4.78 is 5.52. The molecule has 0 unspecified atom stereocenters. The molecule has 102 valence electrons. The molecule has 2 aromatic rings. The number of fused-ring (bicyclic) bond motifs is 1. The van der Waals surface area contributed by atoms with Crippen LogP contribution >= 0.6 is 0 Å². The lowest BCUT2D eigenvalue weighted by Gasteiger charge is -2.56. The van der Waals surface area contributed by atoms with Crippen molar-refractivity contribution in [3.63, 3.8) is 0 Å². The molecule has 2 fully saturated rings. The average Bonchev–Trinajstić information content (AvgIpc) is 2.70. The second-order valence-corrected chi connectivity index (χ2v) is 6.18. The predicted molar refractivity (Wildman–Crippen MR) is 75.2 cm³/mol. The van der Waals surface area contributed by atoms with Crippen molar-refractivity contribution in [1.29, 1.82) is 5.26 Å². The third-order valence-corrected chi connectivity index (χ3v) is 5.19. The molecule has 4 heteroatoms. The number of nitrogens with zero attached hydrogens (tertiary/aromatic N) is 2. The smallest absolute Gasteiger partial charge is 0.104 e. The number of aromatic nitrogens is 2. The highest BCUT2D eigenvalue weighted by Gasteiger charge is 2.60. The van der Waals surface area contributed by atoms with Gasteiger partial charge in [0.25, 0.3) is 0 Å². The lowest BCUT2D eigenvalue weighted by atomic mass is 9.50. The fraction of sp³-hybridized carbons (Fsp3) is 0.500. The Morgan fingerprint density at radius 2 is 2.15 bits per heavy atom. The molecule has 0 spiro atoms. The van der Waals surface area contributed by atoms with Crippen LogP contribution in [0.1, 0.15) is 30.7 Å². The minimum Gasteiger partial charge on any atom is -0.379 e. The van der Waals surface area contributed by atoms with E-state index in [0.29, 0.717) is 13.2 Å². The van der Waals surface area contributed by atoms with Crippen LogP contribution in [0.25, 0.3) is 11.0 Å². The Morgan fingerprint density at radius 3 is 2.70 bits per heavy atom. The highest BCUT2D eigenvalue weighted by atomic mass is 16.5. The molecule has 0 atom stereocenters. The summed E-state index contributed by atoms with van der Waals surface area (Å²) in [6, 6.07) is 8.95. The Morgan fingerprint density at radius 1 is 1.35 bits per heavy atom. The van der Waals surface area contributed by atoms with E-state index in [9.17, 15) is 5.26 Å². The number of nitriles is 1. The van der Waals surface area contributed by atoms with E-state index in [-0.39, 0.29) is 10.8 Å². The third-order valence-electron chi connectivity index (χ3n) is 5.19. The van der Waals surface area contributed by atoms with Gasteiger partial charge < -0.3 is 9.72 Å². The predicted octanol–water partition coefficient (Wildman–Crippen LogP) is 2.83. The maximum absolute atomic E-state index is 9.69. The summed E-state index contributed by atoms with van der Waals surface area (Å²) in [5.74, 6) is 0.926. The normalized spacial score (nSPS) is 22.8. The summed E-state index contributed by atoms with van der Waals surface area (Å²) in [6.07, 6.45) is 3.14. The first-order valence-corrected chi connectivity index (χ1v) is 7.15. The molecule has 1 aliphatic heterocycles. The lowest BCUT2D eigenvalue weighted by Crippen LogP contribution is -2.61. The van der Waals surface area contributed by atoms with E-state index in [0.717, 1.165) is 36.1 Å². The number of aryl methyl sites for hydroxylation is 1. The van der Waals surface area contributed by atoms with Crippen LogP contribution in [0.15, 0.2) is 18.2 Å². The maximum Gasteiger partial charge on any atom is 0.104 e. The number of H-pyrrole nitrogens is 1. The number of rotatable bonds is 2. The number of nitrogens with one attached hydrogen (secondary N) is 1. The zero-order valence-corrected chi connectivity index (χ0v) is 11.6. The van der Waals surface area contributed by atoms with E-state index in [1.54, 1.807) is 0 Å². The zero-order valence-electron chi connectivity index (χ0n) is 11.6. The van der Waals surface area contributed by atoms with Crippen molar-refractivity contribution in [2.75, 3.05) is 13.2 Å². The lowest BCUT2D eigenvalue weighted by molar-refractivity contribution is -0.134. The first kappa shape index (κ1) is 11.9. The molecule has 1 saturated carbocycles. The van der Waals surface area contributed by atoms with Crippen molar-refractivity contribution < 1.29 is 4.74 Å². The first-order valence-electron chi connectivity index (χ1n) is 7.15. The molecule has 1 aliphatic carbocycles.